The lowest BCUT2D eigenvalue weighted by molar-refractivity contribution is -0.136. The summed E-state index contributed by atoms with van der Waals surface area (Å²) in [4.78, 5) is 19.1. The van der Waals surface area contributed by atoms with Gasteiger partial charge in [0.05, 0.1) is 45.8 Å². The Balaban J connectivity index is 2.29. The number of nitriles is 1. The van der Waals surface area contributed by atoms with Gasteiger partial charge in [0.2, 0.25) is 5.75 Å². The van der Waals surface area contributed by atoms with Gasteiger partial charge in [0.1, 0.15) is 16.8 Å². The van der Waals surface area contributed by atoms with Crippen molar-refractivity contribution in [3.05, 3.63) is 39.7 Å². The smallest absolute Gasteiger partial charge is 0.338 e. The number of hydrogen-bond acceptors (Lipinski definition) is 10. The molecule has 2 heterocycles. The lowest BCUT2D eigenvalue weighted by atomic mass is 9.94. The molecule has 0 aliphatic carbocycles. The van der Waals surface area contributed by atoms with E-state index in [1.54, 1.807) is 24.0 Å². The highest BCUT2D eigenvalue weighted by Crippen LogP contribution is 2.48. The average Bonchev–Trinajstić information content (AvgIpc) is 3.05. The second kappa shape index (κ2) is 7.97. The van der Waals surface area contributed by atoms with Gasteiger partial charge in [-0.3, -0.25) is 4.90 Å². The Hall–Kier alpha value is -3.32. The van der Waals surface area contributed by atoms with E-state index in [1.807, 2.05) is 0 Å². The standard InChI is InChI=1S/C19H20N4O5S/c1-9-14(18(24)28-5)15(23-17(21)13(8-20)29-19(23)22-9)10-6-11(25-2)16(27-4)12(7-10)26-3/h6-7,15H,21H2,1-5H3/t15-/m1/s1. The minimum Gasteiger partial charge on any atom is -0.493 e. The topological polar surface area (TPSA) is 119 Å². The highest BCUT2D eigenvalue weighted by molar-refractivity contribution is 8.17. The van der Waals surface area contributed by atoms with Crippen LogP contribution in [0.5, 0.6) is 17.2 Å². The minimum absolute atomic E-state index is 0.212. The molecule has 0 saturated heterocycles. The van der Waals surface area contributed by atoms with Gasteiger partial charge in [0, 0.05) is 0 Å². The molecule has 0 fully saturated rings. The van der Waals surface area contributed by atoms with Crippen molar-refractivity contribution in [2.75, 3.05) is 28.4 Å². The summed E-state index contributed by atoms with van der Waals surface area (Å²) in [5.74, 6) is 0.919. The van der Waals surface area contributed by atoms with Crippen LogP contribution in [0.2, 0.25) is 0 Å². The van der Waals surface area contributed by atoms with Gasteiger partial charge in [-0.05, 0) is 36.4 Å². The molecule has 9 nitrogen and oxygen atoms in total. The number of thioether (sulfide) groups is 1. The summed E-state index contributed by atoms with van der Waals surface area (Å²) < 4.78 is 21.3. The van der Waals surface area contributed by atoms with Crippen LogP contribution in [0.3, 0.4) is 0 Å². The number of aliphatic imine (C=N–C) groups is 1. The predicted molar refractivity (Wildman–Crippen MR) is 107 cm³/mol. The molecular weight excluding hydrogens is 396 g/mol. The zero-order valence-corrected chi connectivity index (χ0v) is 17.4. The summed E-state index contributed by atoms with van der Waals surface area (Å²) in [6, 6.07) is 4.84. The fourth-order valence-corrected chi connectivity index (χ4v) is 4.20. The van der Waals surface area contributed by atoms with Gasteiger partial charge in [0.25, 0.3) is 0 Å². The summed E-state index contributed by atoms with van der Waals surface area (Å²) in [6.07, 6.45) is 0. The van der Waals surface area contributed by atoms with Gasteiger partial charge >= 0.3 is 5.97 Å². The first kappa shape index (κ1) is 20.4. The van der Waals surface area contributed by atoms with E-state index >= 15 is 0 Å². The fraction of sp³-hybridized carbons (Fsp3) is 0.316. The molecule has 0 unspecified atom stereocenters. The molecule has 2 aliphatic rings. The van der Waals surface area contributed by atoms with E-state index in [4.69, 9.17) is 24.7 Å². The van der Waals surface area contributed by atoms with Crippen LogP contribution in [0.15, 0.2) is 39.1 Å². The second-order valence-corrected chi connectivity index (χ2v) is 7.02. The van der Waals surface area contributed by atoms with Crippen molar-refractivity contribution < 1.29 is 23.7 Å². The van der Waals surface area contributed by atoms with Gasteiger partial charge in [-0.1, -0.05) is 0 Å². The number of esters is 1. The third kappa shape index (κ3) is 3.23. The van der Waals surface area contributed by atoms with E-state index in [9.17, 15) is 10.1 Å². The highest BCUT2D eigenvalue weighted by Gasteiger charge is 2.43. The molecule has 1 aromatic carbocycles. The number of carbonyl (C=O) groups excluding carboxylic acids is 1. The molecule has 152 valence electrons. The minimum atomic E-state index is -0.693. The first-order valence-corrected chi connectivity index (χ1v) is 9.28. The Kier molecular flexibility index (Phi) is 5.61. The van der Waals surface area contributed by atoms with E-state index in [1.165, 1.54) is 28.4 Å². The molecule has 0 spiro atoms. The SMILES string of the molecule is COC(=O)C1=C(C)N=C2SC(C#N)=C(N)N2[C@@H]1c1cc(OC)c(OC)c(OC)c1. The van der Waals surface area contributed by atoms with E-state index in [2.05, 4.69) is 11.1 Å². The third-order valence-electron chi connectivity index (χ3n) is 4.59. The summed E-state index contributed by atoms with van der Waals surface area (Å²) in [5.41, 5.74) is 7.64. The number of allylic oxidation sites excluding steroid dienone is 2. The monoisotopic (exact) mass is 416 g/mol. The lowest BCUT2D eigenvalue weighted by Gasteiger charge is -2.35. The summed E-state index contributed by atoms with van der Waals surface area (Å²) in [5, 5.41) is 9.91. The Labute approximate surface area is 172 Å². The lowest BCUT2D eigenvalue weighted by Crippen LogP contribution is -2.38. The van der Waals surface area contributed by atoms with Crippen LogP contribution in [0.25, 0.3) is 0 Å². The van der Waals surface area contributed by atoms with Crippen molar-refractivity contribution in [1.82, 2.24) is 4.90 Å². The number of methoxy groups -OCH3 is 4. The molecule has 0 amide bonds. The van der Waals surface area contributed by atoms with E-state index < -0.39 is 12.0 Å². The number of amidine groups is 1. The zero-order chi connectivity index (χ0) is 21.3. The molecule has 2 aliphatic heterocycles. The second-order valence-electron chi connectivity index (χ2n) is 6.04. The van der Waals surface area contributed by atoms with E-state index in [0.29, 0.717) is 44.2 Å². The Morgan fingerprint density at radius 3 is 2.31 bits per heavy atom. The number of ether oxygens (including phenoxy) is 4. The van der Waals surface area contributed by atoms with Crippen LogP contribution in [0, 0.1) is 11.3 Å². The number of fused-ring (bicyclic) bond motifs is 1. The van der Waals surface area contributed by atoms with Gasteiger partial charge in [-0.2, -0.15) is 5.26 Å². The van der Waals surface area contributed by atoms with Crippen molar-refractivity contribution in [2.24, 2.45) is 10.7 Å². The molecule has 10 heteroatoms. The van der Waals surface area contributed by atoms with Crippen LogP contribution in [-0.2, 0) is 9.53 Å². The summed E-state index contributed by atoms with van der Waals surface area (Å²) >= 11 is 1.15. The number of carbonyl (C=O) groups is 1. The Morgan fingerprint density at radius 1 is 1.21 bits per heavy atom. The van der Waals surface area contributed by atoms with E-state index in [0.717, 1.165) is 11.8 Å². The van der Waals surface area contributed by atoms with Crippen LogP contribution < -0.4 is 19.9 Å². The highest BCUT2D eigenvalue weighted by atomic mass is 32.2. The maximum absolute atomic E-state index is 12.6. The van der Waals surface area contributed by atoms with Gasteiger partial charge in [0.15, 0.2) is 16.7 Å². The molecule has 0 radical (unpaired) electrons. The van der Waals surface area contributed by atoms with Crippen molar-refractivity contribution in [3.63, 3.8) is 0 Å². The third-order valence-corrected chi connectivity index (χ3v) is 5.56. The first-order valence-electron chi connectivity index (χ1n) is 8.46. The molecule has 2 N–H and O–H groups in total. The number of hydrogen-bond donors (Lipinski definition) is 1. The molecule has 0 saturated carbocycles. The van der Waals surface area contributed by atoms with Gasteiger partial charge in [-0.15, -0.1) is 0 Å². The van der Waals surface area contributed by atoms with Crippen LogP contribution in [-0.4, -0.2) is 44.5 Å². The van der Waals surface area contributed by atoms with Gasteiger partial charge < -0.3 is 24.7 Å². The molecule has 1 aromatic rings. The molecule has 1 atom stereocenters. The quantitative estimate of drug-likeness (QED) is 0.721. The van der Waals surface area contributed by atoms with Crippen LogP contribution in [0.4, 0.5) is 0 Å². The zero-order valence-electron chi connectivity index (χ0n) is 16.6. The average molecular weight is 416 g/mol. The molecule has 29 heavy (non-hydrogen) atoms. The van der Waals surface area contributed by atoms with Crippen molar-refractivity contribution in [2.45, 2.75) is 13.0 Å². The largest absolute Gasteiger partial charge is 0.493 e. The van der Waals surface area contributed by atoms with Crippen LogP contribution in [0.1, 0.15) is 18.5 Å². The van der Waals surface area contributed by atoms with Crippen molar-refractivity contribution >= 4 is 22.9 Å². The predicted octanol–water partition coefficient (Wildman–Crippen LogP) is 2.27. The van der Waals surface area contributed by atoms with Gasteiger partial charge in [-0.25, -0.2) is 9.79 Å². The summed E-state index contributed by atoms with van der Waals surface area (Å²) in [7, 11) is 5.81. The van der Waals surface area contributed by atoms with Crippen molar-refractivity contribution in [1.29, 1.82) is 5.26 Å². The maximum atomic E-state index is 12.6. The molecule has 0 aromatic heterocycles. The van der Waals surface area contributed by atoms with Crippen LogP contribution >= 0.6 is 11.8 Å². The molecular formula is C19H20N4O5S. The Morgan fingerprint density at radius 2 is 1.83 bits per heavy atom. The molecule has 0 bridgehead atoms. The maximum Gasteiger partial charge on any atom is 0.338 e. The summed E-state index contributed by atoms with van der Waals surface area (Å²) in [6.45, 7) is 1.71. The normalized spacial score (nSPS) is 18.1. The number of nitrogens with zero attached hydrogens (tertiary/aromatic N) is 3. The van der Waals surface area contributed by atoms with E-state index in [-0.39, 0.29) is 5.82 Å². The first-order chi connectivity index (χ1) is 13.9. The van der Waals surface area contributed by atoms with Crippen molar-refractivity contribution in [3.8, 4) is 23.3 Å². The molecule has 3 rings (SSSR count). The number of benzene rings is 1. The fourth-order valence-electron chi connectivity index (χ4n) is 3.29. The number of rotatable bonds is 5. The Bertz CT molecular complexity index is 983. The number of nitrogens with two attached hydrogens (primary N) is 1.